The number of imidazole rings is 1. The Morgan fingerprint density at radius 1 is 1.04 bits per heavy atom. The number of anilines is 1. The standard InChI is InChI=1S/C18H16N4O3S/c1-12-18(13(2)25-20-12)26(23,24)21-14-7-9-15(10-8-14)22-11-19-16-5-3-4-6-17(16)22/h3-11,21H,1-2H3. The first-order valence-corrected chi connectivity index (χ1v) is 9.42. The summed E-state index contributed by atoms with van der Waals surface area (Å²) in [7, 11) is -3.76. The molecule has 1 N–H and O–H groups in total. The third kappa shape index (κ3) is 2.74. The molecule has 0 amide bonds. The molecule has 0 aliphatic rings. The molecule has 0 aliphatic heterocycles. The van der Waals surface area contributed by atoms with Crippen molar-refractivity contribution in [2.24, 2.45) is 0 Å². The first kappa shape index (κ1) is 16.3. The van der Waals surface area contributed by atoms with Crippen LogP contribution < -0.4 is 4.72 Å². The summed E-state index contributed by atoms with van der Waals surface area (Å²) in [4.78, 5) is 4.44. The van der Waals surface area contributed by atoms with Crippen molar-refractivity contribution in [1.82, 2.24) is 14.7 Å². The average Bonchev–Trinajstić information content (AvgIpc) is 3.19. The largest absolute Gasteiger partial charge is 0.360 e. The Bertz CT molecular complexity index is 1170. The van der Waals surface area contributed by atoms with Gasteiger partial charge in [-0.3, -0.25) is 9.29 Å². The molecule has 132 valence electrons. The Morgan fingerprint density at radius 2 is 1.77 bits per heavy atom. The zero-order chi connectivity index (χ0) is 18.3. The van der Waals surface area contributed by atoms with Gasteiger partial charge in [-0.15, -0.1) is 0 Å². The highest BCUT2D eigenvalue weighted by molar-refractivity contribution is 7.92. The van der Waals surface area contributed by atoms with Gasteiger partial charge >= 0.3 is 0 Å². The van der Waals surface area contributed by atoms with E-state index in [9.17, 15) is 8.42 Å². The van der Waals surface area contributed by atoms with Crippen molar-refractivity contribution in [2.45, 2.75) is 18.7 Å². The number of nitrogens with zero attached hydrogens (tertiary/aromatic N) is 3. The topological polar surface area (TPSA) is 90.0 Å². The minimum absolute atomic E-state index is 0.0715. The number of aryl methyl sites for hydroxylation is 2. The van der Waals surface area contributed by atoms with Crippen molar-refractivity contribution in [2.75, 3.05) is 4.72 Å². The number of sulfonamides is 1. The summed E-state index contributed by atoms with van der Waals surface area (Å²) >= 11 is 0. The maximum Gasteiger partial charge on any atom is 0.267 e. The van der Waals surface area contributed by atoms with Crippen LogP contribution in [0.2, 0.25) is 0 Å². The van der Waals surface area contributed by atoms with E-state index in [0.717, 1.165) is 16.7 Å². The van der Waals surface area contributed by atoms with E-state index in [1.54, 1.807) is 32.3 Å². The summed E-state index contributed by atoms with van der Waals surface area (Å²) in [6.45, 7) is 3.17. The zero-order valence-corrected chi connectivity index (χ0v) is 15.0. The van der Waals surface area contributed by atoms with Crippen LogP contribution in [-0.4, -0.2) is 23.1 Å². The van der Waals surface area contributed by atoms with E-state index in [-0.39, 0.29) is 10.7 Å². The number of benzene rings is 2. The van der Waals surface area contributed by atoms with Crippen LogP contribution in [-0.2, 0) is 10.0 Å². The summed E-state index contributed by atoms with van der Waals surface area (Å²) in [6, 6.07) is 14.9. The quantitative estimate of drug-likeness (QED) is 0.596. The molecule has 26 heavy (non-hydrogen) atoms. The van der Waals surface area contributed by atoms with Crippen LogP contribution in [0, 0.1) is 13.8 Å². The average molecular weight is 368 g/mol. The van der Waals surface area contributed by atoms with Gasteiger partial charge in [0.15, 0.2) is 10.7 Å². The Hall–Kier alpha value is -3.13. The maximum absolute atomic E-state index is 12.6. The summed E-state index contributed by atoms with van der Waals surface area (Å²) in [5, 5.41) is 3.70. The molecule has 0 unspecified atom stereocenters. The number of para-hydroxylation sites is 2. The lowest BCUT2D eigenvalue weighted by Crippen LogP contribution is -2.14. The van der Waals surface area contributed by atoms with Crippen LogP contribution in [0.15, 0.2) is 64.3 Å². The molecule has 0 fully saturated rings. The van der Waals surface area contributed by atoms with Gasteiger partial charge in [0.05, 0.1) is 11.0 Å². The Labute approximate surface area is 150 Å². The van der Waals surface area contributed by atoms with Gasteiger partial charge in [-0.2, -0.15) is 0 Å². The SMILES string of the molecule is Cc1noc(C)c1S(=O)(=O)Nc1ccc(-n2cnc3ccccc32)cc1. The smallest absolute Gasteiger partial charge is 0.267 e. The Morgan fingerprint density at radius 3 is 2.46 bits per heavy atom. The second-order valence-electron chi connectivity index (χ2n) is 5.91. The van der Waals surface area contributed by atoms with E-state index in [1.807, 2.05) is 41.0 Å². The molecule has 2 heterocycles. The van der Waals surface area contributed by atoms with Crippen molar-refractivity contribution >= 4 is 26.7 Å². The molecule has 8 heteroatoms. The van der Waals surface area contributed by atoms with E-state index < -0.39 is 10.0 Å². The minimum atomic E-state index is -3.76. The molecule has 0 radical (unpaired) electrons. The maximum atomic E-state index is 12.6. The highest BCUT2D eigenvalue weighted by Gasteiger charge is 2.24. The molecule has 2 aromatic heterocycles. The van der Waals surface area contributed by atoms with Gasteiger partial charge in [0, 0.05) is 11.4 Å². The molecule has 0 spiro atoms. The number of rotatable bonds is 4. The molecule has 0 aliphatic carbocycles. The van der Waals surface area contributed by atoms with Gasteiger partial charge in [-0.05, 0) is 50.2 Å². The third-order valence-corrected chi connectivity index (χ3v) is 5.71. The van der Waals surface area contributed by atoms with E-state index >= 15 is 0 Å². The fourth-order valence-corrected chi connectivity index (χ4v) is 4.31. The Kier molecular flexibility index (Phi) is 3.77. The number of nitrogens with one attached hydrogen (secondary N) is 1. The zero-order valence-electron chi connectivity index (χ0n) is 14.2. The van der Waals surface area contributed by atoms with Crippen molar-refractivity contribution < 1.29 is 12.9 Å². The highest BCUT2D eigenvalue weighted by Crippen LogP contribution is 2.24. The van der Waals surface area contributed by atoms with Crippen LogP contribution >= 0.6 is 0 Å². The van der Waals surface area contributed by atoms with Gasteiger partial charge < -0.3 is 4.52 Å². The van der Waals surface area contributed by atoms with Crippen molar-refractivity contribution in [3.63, 3.8) is 0 Å². The molecular formula is C18H16N4O3S. The monoisotopic (exact) mass is 368 g/mol. The molecule has 7 nitrogen and oxygen atoms in total. The van der Waals surface area contributed by atoms with E-state index in [0.29, 0.717) is 11.4 Å². The molecule has 0 saturated carbocycles. The van der Waals surface area contributed by atoms with Gasteiger partial charge in [-0.1, -0.05) is 17.3 Å². The predicted octanol–water partition coefficient (Wildman–Crippen LogP) is 3.43. The molecule has 2 aromatic carbocycles. The van der Waals surface area contributed by atoms with Gasteiger partial charge in [0.1, 0.15) is 12.0 Å². The van der Waals surface area contributed by atoms with E-state index in [4.69, 9.17) is 4.52 Å². The number of aromatic nitrogens is 3. The van der Waals surface area contributed by atoms with Crippen molar-refractivity contribution in [1.29, 1.82) is 0 Å². The summed E-state index contributed by atoms with van der Waals surface area (Å²) in [6.07, 6.45) is 1.74. The molecule has 0 atom stereocenters. The third-order valence-electron chi connectivity index (χ3n) is 4.09. The molecule has 0 bridgehead atoms. The van der Waals surface area contributed by atoms with Crippen molar-refractivity contribution in [3.8, 4) is 5.69 Å². The highest BCUT2D eigenvalue weighted by atomic mass is 32.2. The lowest BCUT2D eigenvalue weighted by atomic mass is 10.2. The van der Waals surface area contributed by atoms with E-state index in [1.165, 1.54) is 0 Å². The van der Waals surface area contributed by atoms with Crippen molar-refractivity contribution in [3.05, 3.63) is 66.3 Å². The van der Waals surface area contributed by atoms with Gasteiger partial charge in [-0.25, -0.2) is 13.4 Å². The lowest BCUT2D eigenvalue weighted by molar-refractivity contribution is 0.390. The van der Waals surface area contributed by atoms with Crippen LogP contribution in [0.4, 0.5) is 5.69 Å². The second kappa shape index (κ2) is 5.99. The molecular weight excluding hydrogens is 352 g/mol. The first-order chi connectivity index (χ1) is 12.5. The second-order valence-corrected chi connectivity index (χ2v) is 7.53. The fraction of sp³-hybridized carbons (Fsp3) is 0.111. The van der Waals surface area contributed by atoms with Crippen LogP contribution in [0.1, 0.15) is 11.5 Å². The number of hydrogen-bond acceptors (Lipinski definition) is 5. The summed E-state index contributed by atoms with van der Waals surface area (Å²) in [5.41, 5.74) is 3.56. The van der Waals surface area contributed by atoms with Crippen LogP contribution in [0.5, 0.6) is 0 Å². The number of hydrogen-bond donors (Lipinski definition) is 1. The van der Waals surface area contributed by atoms with Gasteiger partial charge in [0.25, 0.3) is 10.0 Å². The van der Waals surface area contributed by atoms with Crippen LogP contribution in [0.25, 0.3) is 16.7 Å². The lowest BCUT2D eigenvalue weighted by Gasteiger charge is -2.09. The number of fused-ring (bicyclic) bond motifs is 1. The molecule has 4 aromatic rings. The molecule has 4 rings (SSSR count). The summed E-state index contributed by atoms with van der Waals surface area (Å²) < 4.78 is 34.6. The molecule has 0 saturated heterocycles. The fourth-order valence-electron chi connectivity index (χ4n) is 2.92. The van der Waals surface area contributed by atoms with Gasteiger partial charge in [0.2, 0.25) is 0 Å². The van der Waals surface area contributed by atoms with E-state index in [2.05, 4.69) is 14.9 Å². The minimum Gasteiger partial charge on any atom is -0.360 e. The first-order valence-electron chi connectivity index (χ1n) is 7.94. The van der Waals surface area contributed by atoms with Crippen LogP contribution in [0.3, 0.4) is 0 Å². The normalized spacial score (nSPS) is 11.8. The predicted molar refractivity (Wildman–Crippen MR) is 97.9 cm³/mol. The summed E-state index contributed by atoms with van der Waals surface area (Å²) in [5.74, 6) is 0.261. The Balaban J connectivity index is 1.64.